The van der Waals surface area contributed by atoms with Gasteiger partial charge in [-0.05, 0) is 30.0 Å². The molecular weight excluding hydrogens is 322 g/mol. The summed E-state index contributed by atoms with van der Waals surface area (Å²) in [6.07, 6.45) is 2.46. The van der Waals surface area contributed by atoms with E-state index < -0.39 is 0 Å². The highest BCUT2D eigenvalue weighted by Crippen LogP contribution is 2.14. The van der Waals surface area contributed by atoms with Crippen molar-refractivity contribution >= 4 is 23.2 Å². The number of amides is 2. The molecule has 0 atom stereocenters. The Labute approximate surface area is 145 Å². The Kier molecular flexibility index (Phi) is 5.29. The molecule has 1 aliphatic heterocycles. The van der Waals surface area contributed by atoms with Gasteiger partial charge in [0.15, 0.2) is 0 Å². The van der Waals surface area contributed by atoms with Crippen LogP contribution in [-0.4, -0.2) is 48.6 Å². The Bertz CT molecular complexity index is 700. The zero-order chi connectivity index (χ0) is 16.8. The summed E-state index contributed by atoms with van der Waals surface area (Å²) in [5.41, 5.74) is 0.558. The molecule has 3 heterocycles. The van der Waals surface area contributed by atoms with E-state index in [1.165, 1.54) is 4.88 Å². The maximum absolute atomic E-state index is 12.2. The van der Waals surface area contributed by atoms with Gasteiger partial charge < -0.3 is 15.1 Å². The van der Waals surface area contributed by atoms with Crippen molar-refractivity contribution in [3.05, 3.63) is 46.3 Å². The fourth-order valence-electron chi connectivity index (χ4n) is 2.64. The predicted molar refractivity (Wildman–Crippen MR) is 94.2 cm³/mol. The number of pyridine rings is 1. The number of nitrogens with zero attached hydrogens (tertiary/aromatic N) is 4. The molecule has 0 unspecified atom stereocenters. The van der Waals surface area contributed by atoms with Crippen LogP contribution in [0.25, 0.3) is 0 Å². The average molecular weight is 341 g/mol. The molecule has 0 saturated carbocycles. The normalized spacial score (nSPS) is 14.3. The van der Waals surface area contributed by atoms with Crippen LogP contribution in [0.5, 0.6) is 0 Å². The molecule has 1 aliphatic rings. The lowest BCUT2D eigenvalue weighted by Crippen LogP contribution is -2.52. The summed E-state index contributed by atoms with van der Waals surface area (Å²) in [7, 11) is 0. The number of carbonyl (C=O) groups excluding carboxylic acids is 1. The van der Waals surface area contributed by atoms with E-state index in [2.05, 4.69) is 27.3 Å². The molecule has 24 heavy (non-hydrogen) atoms. The molecule has 1 saturated heterocycles. The molecule has 0 bridgehead atoms. The molecule has 6 nitrogen and oxygen atoms in total. The van der Waals surface area contributed by atoms with Gasteiger partial charge in [-0.15, -0.1) is 11.3 Å². The van der Waals surface area contributed by atoms with E-state index in [1.54, 1.807) is 23.6 Å². The smallest absolute Gasteiger partial charge is 0.317 e. The summed E-state index contributed by atoms with van der Waals surface area (Å²) in [4.78, 5) is 21.8. The number of carbonyl (C=O) groups is 1. The van der Waals surface area contributed by atoms with Crippen molar-refractivity contribution in [1.82, 2.24) is 15.2 Å². The van der Waals surface area contributed by atoms with Crippen molar-refractivity contribution in [2.24, 2.45) is 0 Å². The third-order valence-corrected chi connectivity index (χ3v) is 4.93. The third kappa shape index (κ3) is 4.03. The quantitative estimate of drug-likeness (QED) is 0.924. The van der Waals surface area contributed by atoms with Gasteiger partial charge in [-0.1, -0.05) is 6.07 Å². The topological polar surface area (TPSA) is 72.3 Å². The number of nitrogens with one attached hydrogen (secondary N) is 1. The Morgan fingerprint density at radius 3 is 2.75 bits per heavy atom. The minimum atomic E-state index is -0.000932. The van der Waals surface area contributed by atoms with Crippen LogP contribution in [0, 0.1) is 11.3 Å². The largest absolute Gasteiger partial charge is 0.353 e. The van der Waals surface area contributed by atoms with E-state index in [0.29, 0.717) is 25.2 Å². The van der Waals surface area contributed by atoms with Gasteiger partial charge >= 0.3 is 6.03 Å². The Morgan fingerprint density at radius 1 is 1.29 bits per heavy atom. The highest BCUT2D eigenvalue weighted by Gasteiger charge is 2.21. The zero-order valence-electron chi connectivity index (χ0n) is 13.3. The van der Waals surface area contributed by atoms with Crippen LogP contribution in [0.3, 0.4) is 0 Å². The number of anilines is 1. The van der Waals surface area contributed by atoms with Crippen molar-refractivity contribution < 1.29 is 4.79 Å². The van der Waals surface area contributed by atoms with Crippen molar-refractivity contribution in [3.63, 3.8) is 0 Å². The van der Waals surface area contributed by atoms with Gasteiger partial charge in [-0.25, -0.2) is 9.78 Å². The van der Waals surface area contributed by atoms with E-state index in [-0.39, 0.29) is 6.03 Å². The second kappa shape index (κ2) is 7.79. The molecule has 3 rings (SSSR count). The number of urea groups is 1. The Hall–Kier alpha value is -2.59. The number of nitriles is 1. The summed E-state index contributed by atoms with van der Waals surface area (Å²) in [6.45, 7) is 3.50. The van der Waals surface area contributed by atoms with Crippen LogP contribution < -0.4 is 10.2 Å². The highest BCUT2D eigenvalue weighted by atomic mass is 32.1. The van der Waals surface area contributed by atoms with Gasteiger partial charge in [0, 0.05) is 43.8 Å². The lowest BCUT2D eigenvalue weighted by atomic mass is 10.2. The summed E-state index contributed by atoms with van der Waals surface area (Å²) in [6, 6.07) is 9.80. The van der Waals surface area contributed by atoms with Crippen molar-refractivity contribution in [3.8, 4) is 6.07 Å². The molecule has 0 aliphatic carbocycles. The maximum atomic E-state index is 12.2. The zero-order valence-corrected chi connectivity index (χ0v) is 14.1. The van der Waals surface area contributed by atoms with Gasteiger partial charge in [0.25, 0.3) is 0 Å². The molecule has 0 radical (unpaired) electrons. The second-order valence-electron chi connectivity index (χ2n) is 5.55. The van der Waals surface area contributed by atoms with Crippen LogP contribution in [0.1, 0.15) is 10.4 Å². The van der Waals surface area contributed by atoms with Crippen LogP contribution in [0.15, 0.2) is 35.8 Å². The SMILES string of the molecule is N#Cc1ccc(N2CCN(C(=O)NCCc3cccs3)CC2)nc1. The van der Waals surface area contributed by atoms with E-state index in [4.69, 9.17) is 5.26 Å². The first-order chi connectivity index (χ1) is 11.8. The molecular formula is C17H19N5OS. The van der Waals surface area contributed by atoms with E-state index >= 15 is 0 Å². The van der Waals surface area contributed by atoms with E-state index in [1.807, 2.05) is 22.4 Å². The monoisotopic (exact) mass is 341 g/mol. The number of piperazine rings is 1. The van der Waals surface area contributed by atoms with Gasteiger partial charge in [0.05, 0.1) is 5.56 Å². The fourth-order valence-corrected chi connectivity index (χ4v) is 3.35. The average Bonchev–Trinajstić information content (AvgIpc) is 3.15. The molecule has 0 spiro atoms. The summed E-state index contributed by atoms with van der Waals surface area (Å²) < 4.78 is 0. The van der Waals surface area contributed by atoms with E-state index in [9.17, 15) is 4.79 Å². The van der Waals surface area contributed by atoms with Crippen LogP contribution in [0.4, 0.5) is 10.6 Å². The van der Waals surface area contributed by atoms with Gasteiger partial charge in [0.1, 0.15) is 11.9 Å². The maximum Gasteiger partial charge on any atom is 0.317 e. The van der Waals surface area contributed by atoms with Gasteiger partial charge in [0.2, 0.25) is 0 Å². The lowest BCUT2D eigenvalue weighted by molar-refractivity contribution is 0.194. The number of hydrogen-bond donors (Lipinski definition) is 1. The minimum absolute atomic E-state index is 0.000932. The van der Waals surface area contributed by atoms with Crippen molar-refractivity contribution in [2.75, 3.05) is 37.6 Å². The Morgan fingerprint density at radius 2 is 2.12 bits per heavy atom. The molecule has 124 valence electrons. The Balaban J connectivity index is 1.44. The van der Waals surface area contributed by atoms with Gasteiger partial charge in [-0.3, -0.25) is 0 Å². The number of rotatable bonds is 4. The minimum Gasteiger partial charge on any atom is -0.353 e. The number of hydrogen-bond acceptors (Lipinski definition) is 5. The van der Waals surface area contributed by atoms with Crippen molar-refractivity contribution in [2.45, 2.75) is 6.42 Å². The molecule has 1 fully saturated rings. The highest BCUT2D eigenvalue weighted by molar-refractivity contribution is 7.09. The first kappa shape index (κ1) is 16.3. The van der Waals surface area contributed by atoms with Crippen LogP contribution >= 0.6 is 11.3 Å². The number of thiophene rings is 1. The summed E-state index contributed by atoms with van der Waals surface area (Å²) >= 11 is 1.71. The molecule has 0 aromatic carbocycles. The standard InChI is InChI=1S/C17H19N5OS/c18-12-14-3-4-16(20-13-14)21-7-9-22(10-8-21)17(23)19-6-5-15-2-1-11-24-15/h1-4,11,13H,5-10H2,(H,19,23). The first-order valence-corrected chi connectivity index (χ1v) is 8.80. The van der Waals surface area contributed by atoms with Crippen LogP contribution in [0.2, 0.25) is 0 Å². The summed E-state index contributed by atoms with van der Waals surface area (Å²) in [5.74, 6) is 0.853. The molecule has 2 aromatic rings. The molecule has 7 heteroatoms. The molecule has 1 N–H and O–H groups in total. The lowest BCUT2D eigenvalue weighted by Gasteiger charge is -2.35. The molecule has 2 amide bonds. The number of aromatic nitrogens is 1. The predicted octanol–water partition coefficient (Wildman–Crippen LogP) is 2.09. The van der Waals surface area contributed by atoms with Crippen molar-refractivity contribution in [1.29, 1.82) is 5.26 Å². The molecule has 2 aromatic heterocycles. The second-order valence-corrected chi connectivity index (χ2v) is 6.58. The fraction of sp³-hybridized carbons (Fsp3) is 0.353. The summed E-state index contributed by atoms with van der Waals surface area (Å²) in [5, 5.41) is 13.8. The van der Waals surface area contributed by atoms with Crippen LogP contribution in [-0.2, 0) is 6.42 Å². The first-order valence-electron chi connectivity index (χ1n) is 7.92. The van der Waals surface area contributed by atoms with E-state index in [0.717, 1.165) is 25.3 Å². The third-order valence-electron chi connectivity index (χ3n) is 4.00. The van der Waals surface area contributed by atoms with Gasteiger partial charge in [-0.2, -0.15) is 5.26 Å².